The van der Waals surface area contributed by atoms with Crippen LogP contribution in [0.5, 0.6) is 0 Å². The van der Waals surface area contributed by atoms with Crippen molar-refractivity contribution in [3.05, 3.63) is 58.1 Å². The smallest absolute Gasteiger partial charge is 0.407 e. The zero-order chi connectivity index (χ0) is 26.7. The lowest BCUT2D eigenvalue weighted by atomic mass is 10.0. The van der Waals surface area contributed by atoms with Crippen molar-refractivity contribution in [2.24, 2.45) is 5.92 Å². The van der Waals surface area contributed by atoms with Gasteiger partial charge in [0, 0.05) is 35.5 Å². The molecule has 1 aliphatic rings. The van der Waals surface area contributed by atoms with E-state index in [1.807, 2.05) is 39.0 Å². The number of alkyl carbamates (subject to hydrolysis) is 1. The number of halogens is 1. The number of likely N-dealkylation sites (tertiary alicyclic amines) is 1. The number of aromatic nitrogens is 2. The van der Waals surface area contributed by atoms with Crippen molar-refractivity contribution in [2.45, 2.75) is 38.8 Å². The summed E-state index contributed by atoms with van der Waals surface area (Å²) in [6.45, 7) is 4.45. The lowest BCUT2D eigenvalue weighted by Crippen LogP contribution is -2.51. The van der Waals surface area contributed by atoms with Crippen molar-refractivity contribution in [3.8, 4) is 22.4 Å². The SMILES string of the molecule is COC(=O)N[C@H](C(=O)N1CCC[C@H]1c1ncc(-c2ccc(I)c(-c3ccc(N(C)C)cc3)c2)[nH]1)C(C)C. The zero-order valence-electron chi connectivity index (χ0n) is 21.9. The third kappa shape index (κ3) is 5.92. The monoisotopic (exact) mass is 615 g/mol. The van der Waals surface area contributed by atoms with E-state index in [1.165, 1.54) is 10.7 Å². The first-order chi connectivity index (χ1) is 17.7. The summed E-state index contributed by atoms with van der Waals surface area (Å²) in [6.07, 6.45) is 2.93. The molecule has 0 unspecified atom stereocenters. The Balaban J connectivity index is 1.57. The highest BCUT2D eigenvalue weighted by molar-refractivity contribution is 14.1. The number of hydrogen-bond acceptors (Lipinski definition) is 5. The number of H-pyrrole nitrogens is 1. The molecule has 0 bridgehead atoms. The van der Waals surface area contributed by atoms with Gasteiger partial charge in [-0.3, -0.25) is 4.79 Å². The molecule has 0 spiro atoms. The molecule has 0 aliphatic carbocycles. The predicted molar refractivity (Wildman–Crippen MR) is 154 cm³/mol. The number of carbonyl (C=O) groups is 2. The number of ether oxygens (including phenoxy) is 1. The van der Waals surface area contributed by atoms with E-state index in [4.69, 9.17) is 4.74 Å². The van der Waals surface area contributed by atoms with Crippen LogP contribution in [0.3, 0.4) is 0 Å². The average molecular weight is 616 g/mol. The Morgan fingerprint density at radius 2 is 1.86 bits per heavy atom. The standard InChI is InChI=1S/C28H34IN5O3/c1-17(2)25(32-28(36)37-5)27(35)34-14-6-7-24(34)26-30-16-23(31-26)19-10-13-22(29)21(15-19)18-8-11-20(12-9-18)33(3)4/h8-13,15-17,24-25H,6-7,14H2,1-5H3,(H,30,31)(H,32,36)/t24-,25-/m0/s1. The molecule has 0 saturated carbocycles. The van der Waals surface area contributed by atoms with Gasteiger partial charge in [0.15, 0.2) is 0 Å². The molecule has 2 heterocycles. The van der Waals surface area contributed by atoms with Crippen LogP contribution in [0.1, 0.15) is 38.6 Å². The van der Waals surface area contributed by atoms with Crippen LogP contribution in [-0.2, 0) is 9.53 Å². The fourth-order valence-electron chi connectivity index (χ4n) is 4.70. The van der Waals surface area contributed by atoms with E-state index >= 15 is 0 Å². The molecular weight excluding hydrogens is 581 g/mol. The molecular formula is C28H34IN5O3. The summed E-state index contributed by atoms with van der Waals surface area (Å²) >= 11 is 2.37. The maximum Gasteiger partial charge on any atom is 0.407 e. The Hall–Kier alpha value is -3.08. The summed E-state index contributed by atoms with van der Waals surface area (Å²) in [7, 11) is 5.37. The molecule has 2 N–H and O–H groups in total. The summed E-state index contributed by atoms with van der Waals surface area (Å²) in [4.78, 5) is 37.3. The molecule has 8 nitrogen and oxygen atoms in total. The van der Waals surface area contributed by atoms with E-state index in [9.17, 15) is 9.59 Å². The molecule has 196 valence electrons. The summed E-state index contributed by atoms with van der Waals surface area (Å²) in [5.41, 5.74) is 5.41. The minimum atomic E-state index is -0.653. The van der Waals surface area contributed by atoms with Crippen LogP contribution in [0, 0.1) is 9.49 Å². The van der Waals surface area contributed by atoms with Crippen LogP contribution in [0.2, 0.25) is 0 Å². The van der Waals surface area contributed by atoms with Gasteiger partial charge in [-0.15, -0.1) is 0 Å². The second-order valence-corrected chi connectivity index (χ2v) is 11.0. The van der Waals surface area contributed by atoms with E-state index in [-0.39, 0.29) is 17.9 Å². The summed E-state index contributed by atoms with van der Waals surface area (Å²) in [5.74, 6) is 0.576. The van der Waals surface area contributed by atoms with Gasteiger partial charge in [-0.25, -0.2) is 9.78 Å². The van der Waals surface area contributed by atoms with Crippen LogP contribution in [0.15, 0.2) is 48.7 Å². The predicted octanol–water partition coefficient (Wildman–Crippen LogP) is 5.46. The summed E-state index contributed by atoms with van der Waals surface area (Å²) < 4.78 is 5.90. The fourth-order valence-corrected chi connectivity index (χ4v) is 5.35. The molecule has 2 amide bonds. The van der Waals surface area contributed by atoms with Gasteiger partial charge in [0.2, 0.25) is 5.91 Å². The fraction of sp³-hybridized carbons (Fsp3) is 0.393. The minimum Gasteiger partial charge on any atom is -0.453 e. The van der Waals surface area contributed by atoms with Crippen molar-refractivity contribution in [1.82, 2.24) is 20.2 Å². The number of rotatable bonds is 7. The molecule has 1 aliphatic heterocycles. The molecule has 0 radical (unpaired) electrons. The lowest BCUT2D eigenvalue weighted by Gasteiger charge is -2.30. The second-order valence-electron chi connectivity index (χ2n) is 9.87. The van der Waals surface area contributed by atoms with Crippen LogP contribution in [0.25, 0.3) is 22.4 Å². The number of anilines is 1. The number of amides is 2. The van der Waals surface area contributed by atoms with Gasteiger partial charge >= 0.3 is 6.09 Å². The van der Waals surface area contributed by atoms with Gasteiger partial charge in [0.1, 0.15) is 11.9 Å². The Bertz CT molecular complexity index is 1250. The minimum absolute atomic E-state index is 0.0722. The third-order valence-electron chi connectivity index (χ3n) is 6.81. The number of imidazole rings is 1. The zero-order valence-corrected chi connectivity index (χ0v) is 24.1. The molecule has 2 aromatic carbocycles. The number of aromatic amines is 1. The van der Waals surface area contributed by atoms with Crippen LogP contribution >= 0.6 is 22.6 Å². The van der Waals surface area contributed by atoms with Crippen molar-refractivity contribution in [3.63, 3.8) is 0 Å². The van der Waals surface area contributed by atoms with Crippen LogP contribution in [0.4, 0.5) is 10.5 Å². The van der Waals surface area contributed by atoms with E-state index in [0.717, 1.165) is 46.7 Å². The van der Waals surface area contributed by atoms with Gasteiger partial charge in [-0.05, 0) is 76.7 Å². The quantitative estimate of drug-likeness (QED) is 0.345. The number of benzene rings is 2. The van der Waals surface area contributed by atoms with Gasteiger partial charge in [-0.2, -0.15) is 0 Å². The molecule has 1 aromatic heterocycles. The van der Waals surface area contributed by atoms with Gasteiger partial charge < -0.3 is 24.8 Å². The third-order valence-corrected chi connectivity index (χ3v) is 7.75. The first-order valence-corrected chi connectivity index (χ1v) is 13.5. The number of hydrogen-bond donors (Lipinski definition) is 2. The molecule has 1 saturated heterocycles. The van der Waals surface area contributed by atoms with E-state index < -0.39 is 12.1 Å². The topological polar surface area (TPSA) is 90.6 Å². The Morgan fingerprint density at radius 3 is 2.51 bits per heavy atom. The highest BCUT2D eigenvalue weighted by Gasteiger charge is 2.37. The van der Waals surface area contributed by atoms with E-state index in [0.29, 0.717) is 6.54 Å². The van der Waals surface area contributed by atoms with E-state index in [1.54, 1.807) is 0 Å². The van der Waals surface area contributed by atoms with Crippen molar-refractivity contribution >= 4 is 40.3 Å². The molecule has 1 fully saturated rings. The van der Waals surface area contributed by atoms with Crippen LogP contribution < -0.4 is 10.2 Å². The van der Waals surface area contributed by atoms with Gasteiger partial charge in [0.05, 0.1) is 25.0 Å². The van der Waals surface area contributed by atoms with Crippen molar-refractivity contribution in [1.29, 1.82) is 0 Å². The number of carbonyl (C=O) groups excluding carboxylic acids is 2. The second kappa shape index (κ2) is 11.5. The summed E-state index contributed by atoms with van der Waals surface area (Å²) in [6, 6.07) is 14.1. The Labute approximate surface area is 231 Å². The number of methoxy groups -OCH3 is 1. The average Bonchev–Trinajstić information content (AvgIpc) is 3.57. The Morgan fingerprint density at radius 1 is 1.16 bits per heavy atom. The van der Waals surface area contributed by atoms with Gasteiger partial charge in [-0.1, -0.05) is 32.0 Å². The first-order valence-electron chi connectivity index (χ1n) is 12.5. The van der Waals surface area contributed by atoms with Crippen molar-refractivity contribution < 1.29 is 14.3 Å². The lowest BCUT2D eigenvalue weighted by molar-refractivity contribution is -0.135. The Kier molecular flexibility index (Phi) is 8.41. The number of nitrogens with zero attached hydrogens (tertiary/aromatic N) is 3. The maximum absolute atomic E-state index is 13.4. The highest BCUT2D eigenvalue weighted by Crippen LogP contribution is 2.34. The van der Waals surface area contributed by atoms with Crippen LogP contribution in [-0.4, -0.2) is 60.7 Å². The highest BCUT2D eigenvalue weighted by atomic mass is 127. The largest absolute Gasteiger partial charge is 0.453 e. The van der Waals surface area contributed by atoms with Crippen molar-refractivity contribution in [2.75, 3.05) is 32.6 Å². The van der Waals surface area contributed by atoms with E-state index in [2.05, 4.69) is 85.2 Å². The number of nitrogens with one attached hydrogen (secondary N) is 2. The molecule has 3 aromatic rings. The molecule has 4 rings (SSSR count). The maximum atomic E-state index is 13.4. The first kappa shape index (κ1) is 27.0. The summed E-state index contributed by atoms with van der Waals surface area (Å²) in [5, 5.41) is 2.70. The van der Waals surface area contributed by atoms with Gasteiger partial charge in [0.25, 0.3) is 0 Å². The molecule has 37 heavy (non-hydrogen) atoms. The molecule has 2 atom stereocenters. The normalized spacial score (nSPS) is 16.1. The molecule has 9 heteroatoms.